The van der Waals surface area contributed by atoms with Crippen LogP contribution in [0.5, 0.6) is 5.75 Å². The van der Waals surface area contributed by atoms with E-state index in [1.54, 1.807) is 37.4 Å². The minimum atomic E-state index is -4.45. The minimum Gasteiger partial charge on any atom is -0.497 e. The highest BCUT2D eigenvalue weighted by atomic mass is 19.4. The van der Waals surface area contributed by atoms with Gasteiger partial charge in [0, 0.05) is 12.1 Å². The van der Waals surface area contributed by atoms with E-state index in [2.05, 4.69) is 10.4 Å². The van der Waals surface area contributed by atoms with Crippen LogP contribution < -0.4 is 10.1 Å². The maximum Gasteiger partial charge on any atom is 0.416 e. The normalized spacial score (nSPS) is 11.4. The molecule has 8 heteroatoms. The van der Waals surface area contributed by atoms with Gasteiger partial charge in [-0.3, -0.25) is 4.79 Å². The Hall–Kier alpha value is -4.07. The van der Waals surface area contributed by atoms with Gasteiger partial charge in [-0.25, -0.2) is 4.68 Å². The number of carbonyl (C=O) groups excluding carboxylic acids is 1. The Balaban J connectivity index is 1.67. The minimum absolute atomic E-state index is 0.0600. The first-order chi connectivity index (χ1) is 16.7. The Bertz CT molecular complexity index is 1360. The van der Waals surface area contributed by atoms with Gasteiger partial charge in [0.15, 0.2) is 0 Å². The van der Waals surface area contributed by atoms with Crippen LogP contribution in [0.1, 0.15) is 32.7 Å². The van der Waals surface area contributed by atoms with Gasteiger partial charge in [0.1, 0.15) is 11.4 Å². The number of aromatic nitrogens is 2. The van der Waals surface area contributed by atoms with Crippen LogP contribution in [0.25, 0.3) is 16.9 Å². The molecule has 0 unspecified atom stereocenters. The van der Waals surface area contributed by atoms with Crippen molar-refractivity contribution >= 4 is 5.91 Å². The van der Waals surface area contributed by atoms with Crippen LogP contribution in [0.4, 0.5) is 13.2 Å². The number of halogens is 3. The second kappa shape index (κ2) is 9.66. The standard InChI is InChI=1S/C27H24F3N3O2/c1-17-7-8-20(13-18(17)2)24-15-25(33(32-24)22-9-11-23(35-3)12-10-22)26(34)31-16-19-5-4-6-21(14-19)27(28,29)30/h4-15H,16H2,1-3H3,(H,31,34). The largest absolute Gasteiger partial charge is 0.497 e. The zero-order valence-electron chi connectivity index (χ0n) is 19.5. The molecule has 0 aliphatic rings. The van der Waals surface area contributed by atoms with Crippen LogP contribution in [0, 0.1) is 13.8 Å². The van der Waals surface area contributed by atoms with E-state index in [1.165, 1.54) is 16.8 Å². The average molecular weight is 480 g/mol. The summed E-state index contributed by atoms with van der Waals surface area (Å²) in [6.07, 6.45) is -4.45. The zero-order valence-corrected chi connectivity index (χ0v) is 19.5. The third-order valence-electron chi connectivity index (χ3n) is 5.77. The van der Waals surface area contributed by atoms with Crippen LogP contribution in [0.3, 0.4) is 0 Å². The second-order valence-electron chi connectivity index (χ2n) is 8.20. The van der Waals surface area contributed by atoms with Gasteiger partial charge in [-0.2, -0.15) is 18.3 Å². The van der Waals surface area contributed by atoms with Gasteiger partial charge < -0.3 is 10.1 Å². The van der Waals surface area contributed by atoms with Gasteiger partial charge in [0.05, 0.1) is 24.1 Å². The number of aryl methyl sites for hydroxylation is 2. The lowest BCUT2D eigenvalue weighted by Crippen LogP contribution is -2.25. The van der Waals surface area contributed by atoms with E-state index < -0.39 is 17.6 Å². The first-order valence-electron chi connectivity index (χ1n) is 10.9. The lowest BCUT2D eigenvalue weighted by molar-refractivity contribution is -0.137. The molecule has 0 aliphatic heterocycles. The van der Waals surface area contributed by atoms with Crippen LogP contribution in [0.2, 0.25) is 0 Å². The van der Waals surface area contributed by atoms with E-state index in [-0.39, 0.29) is 12.2 Å². The Kier molecular flexibility index (Phi) is 6.64. The Labute approximate surface area is 201 Å². The number of hydrogen-bond acceptors (Lipinski definition) is 3. The summed E-state index contributed by atoms with van der Waals surface area (Å²) in [6.45, 7) is 3.96. The SMILES string of the molecule is COc1ccc(-n2nc(-c3ccc(C)c(C)c3)cc2C(=O)NCc2cccc(C(F)(F)F)c2)cc1. The average Bonchev–Trinajstić information content (AvgIpc) is 3.29. The molecule has 0 fully saturated rings. The monoisotopic (exact) mass is 479 g/mol. The number of alkyl halides is 3. The number of carbonyl (C=O) groups is 1. The summed E-state index contributed by atoms with van der Waals surface area (Å²) in [6, 6.07) is 19.6. The lowest BCUT2D eigenvalue weighted by Gasteiger charge is -2.11. The first-order valence-corrected chi connectivity index (χ1v) is 10.9. The van der Waals surface area contributed by atoms with Crippen LogP contribution in [-0.4, -0.2) is 22.8 Å². The molecular formula is C27H24F3N3O2. The fraction of sp³-hybridized carbons (Fsp3) is 0.185. The molecule has 0 bridgehead atoms. The molecular weight excluding hydrogens is 455 g/mol. The molecule has 4 rings (SSSR count). The lowest BCUT2D eigenvalue weighted by atomic mass is 10.0. The number of nitrogens with zero attached hydrogens (tertiary/aromatic N) is 2. The van der Waals surface area contributed by atoms with Crippen molar-refractivity contribution in [2.24, 2.45) is 0 Å². The maximum atomic E-state index is 13.2. The number of ether oxygens (including phenoxy) is 1. The third-order valence-corrected chi connectivity index (χ3v) is 5.77. The highest BCUT2D eigenvalue weighted by molar-refractivity contribution is 5.94. The van der Waals surface area contributed by atoms with Crippen LogP contribution in [-0.2, 0) is 12.7 Å². The maximum absolute atomic E-state index is 13.2. The topological polar surface area (TPSA) is 56.2 Å². The molecule has 1 N–H and O–H groups in total. The van der Waals surface area contributed by atoms with Crippen molar-refractivity contribution in [2.75, 3.05) is 7.11 Å². The second-order valence-corrected chi connectivity index (χ2v) is 8.20. The number of hydrogen-bond donors (Lipinski definition) is 1. The fourth-order valence-corrected chi connectivity index (χ4v) is 3.64. The van der Waals surface area contributed by atoms with Crippen molar-refractivity contribution in [2.45, 2.75) is 26.6 Å². The molecule has 4 aromatic rings. The molecule has 5 nitrogen and oxygen atoms in total. The van der Waals surface area contributed by atoms with Gasteiger partial charge in [-0.15, -0.1) is 0 Å². The number of benzene rings is 3. The number of nitrogens with one attached hydrogen (secondary N) is 1. The molecule has 0 saturated heterocycles. The smallest absolute Gasteiger partial charge is 0.416 e. The van der Waals surface area contributed by atoms with Crippen molar-refractivity contribution in [3.8, 4) is 22.7 Å². The molecule has 0 saturated carbocycles. The summed E-state index contributed by atoms with van der Waals surface area (Å²) in [7, 11) is 1.56. The van der Waals surface area contributed by atoms with Crippen molar-refractivity contribution in [3.05, 3.63) is 101 Å². The molecule has 1 aromatic heterocycles. The van der Waals surface area contributed by atoms with Crippen molar-refractivity contribution in [3.63, 3.8) is 0 Å². The first kappa shape index (κ1) is 24.1. The summed E-state index contributed by atoms with van der Waals surface area (Å²) in [5, 5.41) is 7.39. The van der Waals surface area contributed by atoms with Gasteiger partial charge in [-0.05, 0) is 79.1 Å². The van der Waals surface area contributed by atoms with Crippen molar-refractivity contribution in [1.29, 1.82) is 0 Å². The number of amides is 1. The molecule has 0 spiro atoms. The van der Waals surface area contributed by atoms with E-state index in [0.717, 1.165) is 28.8 Å². The summed E-state index contributed by atoms with van der Waals surface area (Å²) >= 11 is 0. The molecule has 35 heavy (non-hydrogen) atoms. The predicted octanol–water partition coefficient (Wildman–Crippen LogP) is 6.11. The molecule has 1 heterocycles. The molecule has 0 radical (unpaired) electrons. The quantitative estimate of drug-likeness (QED) is 0.363. The van der Waals surface area contributed by atoms with Gasteiger partial charge in [0.25, 0.3) is 5.91 Å². The van der Waals surface area contributed by atoms with E-state index in [4.69, 9.17) is 4.74 Å². The van der Waals surface area contributed by atoms with Crippen molar-refractivity contribution < 1.29 is 22.7 Å². The van der Waals surface area contributed by atoms with Crippen LogP contribution >= 0.6 is 0 Å². The molecule has 0 atom stereocenters. The van der Waals surface area contributed by atoms with Gasteiger partial charge >= 0.3 is 6.18 Å². The van der Waals surface area contributed by atoms with E-state index in [1.807, 2.05) is 32.0 Å². The summed E-state index contributed by atoms with van der Waals surface area (Å²) < 4.78 is 45.8. The van der Waals surface area contributed by atoms with Crippen molar-refractivity contribution in [1.82, 2.24) is 15.1 Å². The summed E-state index contributed by atoms with van der Waals surface area (Å²) in [5.41, 5.74) is 4.18. The van der Waals surface area contributed by atoms with E-state index >= 15 is 0 Å². The fourth-order valence-electron chi connectivity index (χ4n) is 3.64. The van der Waals surface area contributed by atoms with Crippen LogP contribution in [0.15, 0.2) is 72.8 Å². The Morgan fingerprint density at radius 2 is 1.71 bits per heavy atom. The number of rotatable bonds is 6. The summed E-state index contributed by atoms with van der Waals surface area (Å²) in [4.78, 5) is 13.2. The molecule has 180 valence electrons. The number of methoxy groups -OCH3 is 1. The van der Waals surface area contributed by atoms with E-state index in [9.17, 15) is 18.0 Å². The van der Waals surface area contributed by atoms with E-state index in [0.29, 0.717) is 22.7 Å². The predicted molar refractivity (Wildman–Crippen MR) is 128 cm³/mol. The third kappa shape index (κ3) is 5.37. The Morgan fingerprint density at radius 1 is 0.971 bits per heavy atom. The Morgan fingerprint density at radius 3 is 2.37 bits per heavy atom. The molecule has 3 aromatic carbocycles. The highest BCUT2D eigenvalue weighted by Gasteiger charge is 2.30. The molecule has 0 aliphatic carbocycles. The molecule has 1 amide bonds. The van der Waals surface area contributed by atoms with Gasteiger partial charge in [-0.1, -0.05) is 24.3 Å². The van der Waals surface area contributed by atoms with Gasteiger partial charge in [0.2, 0.25) is 0 Å². The highest BCUT2D eigenvalue weighted by Crippen LogP contribution is 2.29. The summed E-state index contributed by atoms with van der Waals surface area (Å²) in [5.74, 6) is 0.201. The zero-order chi connectivity index (χ0) is 25.2.